The Morgan fingerprint density at radius 2 is 1.64 bits per heavy atom. The average molecular weight is 196 g/mol. The maximum atomic E-state index is 9.44. The molecule has 82 valence electrons. The molecule has 0 heterocycles. The Bertz CT molecular complexity index is 258. The molecule has 1 atom stereocenters. The van der Waals surface area contributed by atoms with Crippen molar-refractivity contribution in [2.24, 2.45) is 16.7 Å². The van der Waals surface area contributed by atoms with E-state index in [4.69, 9.17) is 0 Å². The standard InChI is InChI=1S/C13H24O/c1-9-10(2)13(5,6)11(8-14)7-12(9,3)4/h11,14H,7-8H2,1-6H3. The molecule has 1 heteroatoms. The molecule has 1 N–H and O–H groups in total. The van der Waals surface area contributed by atoms with E-state index in [0.717, 1.165) is 6.42 Å². The summed E-state index contributed by atoms with van der Waals surface area (Å²) < 4.78 is 0. The second-order valence-corrected chi connectivity index (χ2v) is 5.94. The van der Waals surface area contributed by atoms with Crippen molar-refractivity contribution >= 4 is 0 Å². The summed E-state index contributed by atoms with van der Waals surface area (Å²) in [6.07, 6.45) is 1.10. The fourth-order valence-corrected chi connectivity index (χ4v) is 2.61. The van der Waals surface area contributed by atoms with Crippen LogP contribution in [0.5, 0.6) is 0 Å². The van der Waals surface area contributed by atoms with Crippen molar-refractivity contribution in [2.45, 2.75) is 48.0 Å². The molecule has 0 fully saturated rings. The smallest absolute Gasteiger partial charge is 0.0467 e. The van der Waals surface area contributed by atoms with Gasteiger partial charge in [0.1, 0.15) is 0 Å². The summed E-state index contributed by atoms with van der Waals surface area (Å²) in [7, 11) is 0. The highest BCUT2D eigenvalue weighted by atomic mass is 16.3. The topological polar surface area (TPSA) is 20.2 Å². The predicted octanol–water partition coefficient (Wildman–Crippen LogP) is 3.39. The number of aliphatic hydroxyl groups excluding tert-OH is 1. The van der Waals surface area contributed by atoms with Gasteiger partial charge < -0.3 is 5.11 Å². The Kier molecular flexibility index (Phi) is 2.84. The third kappa shape index (κ3) is 1.63. The Hall–Kier alpha value is -0.300. The van der Waals surface area contributed by atoms with Gasteiger partial charge in [-0.15, -0.1) is 0 Å². The van der Waals surface area contributed by atoms with Crippen LogP contribution in [0, 0.1) is 16.7 Å². The molecule has 0 amide bonds. The molecule has 1 aliphatic rings. The van der Waals surface area contributed by atoms with Gasteiger partial charge in [0.25, 0.3) is 0 Å². The molecule has 0 aromatic rings. The molecule has 0 spiro atoms. The summed E-state index contributed by atoms with van der Waals surface area (Å²) in [6.45, 7) is 13.8. The molecular weight excluding hydrogens is 172 g/mol. The fourth-order valence-electron chi connectivity index (χ4n) is 2.61. The van der Waals surface area contributed by atoms with Crippen LogP contribution in [0.4, 0.5) is 0 Å². The van der Waals surface area contributed by atoms with Crippen LogP contribution in [-0.4, -0.2) is 11.7 Å². The summed E-state index contributed by atoms with van der Waals surface area (Å²) in [5.74, 6) is 0.404. The first kappa shape index (κ1) is 11.8. The first-order valence-corrected chi connectivity index (χ1v) is 5.52. The zero-order valence-corrected chi connectivity index (χ0v) is 10.4. The number of rotatable bonds is 1. The Morgan fingerprint density at radius 3 is 2.07 bits per heavy atom. The van der Waals surface area contributed by atoms with Crippen LogP contribution in [0.2, 0.25) is 0 Å². The van der Waals surface area contributed by atoms with Gasteiger partial charge in [-0.1, -0.05) is 38.8 Å². The van der Waals surface area contributed by atoms with Gasteiger partial charge in [0.15, 0.2) is 0 Å². The van der Waals surface area contributed by atoms with Gasteiger partial charge in [0, 0.05) is 6.61 Å². The van der Waals surface area contributed by atoms with E-state index in [1.54, 1.807) is 0 Å². The molecular formula is C13H24O. The lowest BCUT2D eigenvalue weighted by atomic mass is 9.58. The van der Waals surface area contributed by atoms with Crippen molar-refractivity contribution in [3.8, 4) is 0 Å². The Labute approximate surface area is 88.2 Å². The Balaban J connectivity index is 3.19. The minimum Gasteiger partial charge on any atom is -0.396 e. The third-order valence-corrected chi connectivity index (χ3v) is 4.54. The number of allylic oxidation sites excluding steroid dienone is 2. The number of hydrogen-bond donors (Lipinski definition) is 1. The lowest BCUT2D eigenvalue weighted by Crippen LogP contribution is -2.39. The lowest BCUT2D eigenvalue weighted by Gasteiger charge is -2.47. The van der Waals surface area contributed by atoms with Crippen molar-refractivity contribution < 1.29 is 5.11 Å². The van der Waals surface area contributed by atoms with Crippen LogP contribution in [0.3, 0.4) is 0 Å². The van der Waals surface area contributed by atoms with Crippen molar-refractivity contribution in [1.29, 1.82) is 0 Å². The summed E-state index contributed by atoms with van der Waals surface area (Å²) in [5.41, 5.74) is 3.39. The van der Waals surface area contributed by atoms with Crippen LogP contribution in [-0.2, 0) is 0 Å². The second-order valence-electron chi connectivity index (χ2n) is 5.94. The number of aliphatic hydroxyl groups is 1. The first-order valence-electron chi connectivity index (χ1n) is 5.52. The number of hydrogen-bond acceptors (Lipinski definition) is 1. The lowest BCUT2D eigenvalue weighted by molar-refractivity contribution is 0.0875. The molecule has 0 radical (unpaired) electrons. The van der Waals surface area contributed by atoms with Gasteiger partial charge in [-0.25, -0.2) is 0 Å². The quantitative estimate of drug-likeness (QED) is 0.637. The van der Waals surface area contributed by atoms with Crippen LogP contribution < -0.4 is 0 Å². The van der Waals surface area contributed by atoms with Crippen LogP contribution in [0.1, 0.15) is 48.0 Å². The third-order valence-electron chi connectivity index (χ3n) is 4.54. The van der Waals surface area contributed by atoms with Crippen molar-refractivity contribution in [1.82, 2.24) is 0 Å². The molecule has 0 aromatic heterocycles. The van der Waals surface area contributed by atoms with Crippen molar-refractivity contribution in [2.75, 3.05) is 6.61 Å². The molecule has 1 nitrogen and oxygen atoms in total. The van der Waals surface area contributed by atoms with Crippen LogP contribution in [0.15, 0.2) is 11.1 Å². The second kappa shape index (κ2) is 3.37. The van der Waals surface area contributed by atoms with E-state index in [1.165, 1.54) is 11.1 Å². The average Bonchev–Trinajstić information content (AvgIpc) is 2.09. The molecule has 0 aliphatic heterocycles. The van der Waals surface area contributed by atoms with Crippen LogP contribution >= 0.6 is 0 Å². The van der Waals surface area contributed by atoms with Gasteiger partial charge in [-0.05, 0) is 37.0 Å². The molecule has 1 rings (SSSR count). The van der Waals surface area contributed by atoms with Crippen LogP contribution in [0.25, 0.3) is 0 Å². The van der Waals surface area contributed by atoms with E-state index < -0.39 is 0 Å². The zero-order chi connectivity index (χ0) is 11.1. The minimum atomic E-state index is 0.161. The SMILES string of the molecule is CC1=C(C)C(C)(C)C(CO)CC1(C)C. The molecule has 0 aromatic carbocycles. The zero-order valence-electron chi connectivity index (χ0n) is 10.4. The van der Waals surface area contributed by atoms with E-state index in [-0.39, 0.29) is 10.8 Å². The highest BCUT2D eigenvalue weighted by molar-refractivity contribution is 5.27. The van der Waals surface area contributed by atoms with E-state index in [1.807, 2.05) is 0 Å². The fraction of sp³-hybridized carbons (Fsp3) is 0.846. The van der Waals surface area contributed by atoms with E-state index >= 15 is 0 Å². The molecule has 0 saturated heterocycles. The normalized spacial score (nSPS) is 30.6. The summed E-state index contributed by atoms with van der Waals surface area (Å²) >= 11 is 0. The van der Waals surface area contributed by atoms with Gasteiger partial charge >= 0.3 is 0 Å². The van der Waals surface area contributed by atoms with Gasteiger partial charge in [0.2, 0.25) is 0 Å². The highest BCUT2D eigenvalue weighted by Crippen LogP contribution is 2.51. The monoisotopic (exact) mass is 196 g/mol. The van der Waals surface area contributed by atoms with Gasteiger partial charge in [-0.2, -0.15) is 0 Å². The largest absolute Gasteiger partial charge is 0.396 e. The summed E-state index contributed by atoms with van der Waals surface area (Å²) in [5, 5.41) is 9.44. The maximum Gasteiger partial charge on any atom is 0.0467 e. The predicted molar refractivity (Wildman–Crippen MR) is 61.1 cm³/mol. The molecule has 14 heavy (non-hydrogen) atoms. The molecule has 0 saturated carbocycles. The minimum absolute atomic E-state index is 0.161. The van der Waals surface area contributed by atoms with Crippen molar-refractivity contribution in [3.63, 3.8) is 0 Å². The van der Waals surface area contributed by atoms with E-state index in [0.29, 0.717) is 12.5 Å². The van der Waals surface area contributed by atoms with Gasteiger partial charge in [-0.3, -0.25) is 0 Å². The van der Waals surface area contributed by atoms with E-state index in [9.17, 15) is 5.11 Å². The van der Waals surface area contributed by atoms with Crippen molar-refractivity contribution in [3.05, 3.63) is 11.1 Å². The summed E-state index contributed by atoms with van der Waals surface area (Å²) in [4.78, 5) is 0. The van der Waals surface area contributed by atoms with Gasteiger partial charge in [0.05, 0.1) is 0 Å². The summed E-state index contributed by atoms with van der Waals surface area (Å²) in [6, 6.07) is 0. The molecule has 1 unspecified atom stereocenters. The first-order chi connectivity index (χ1) is 6.23. The highest BCUT2D eigenvalue weighted by Gasteiger charge is 2.41. The maximum absolute atomic E-state index is 9.44. The van der Waals surface area contributed by atoms with E-state index in [2.05, 4.69) is 41.5 Å². The Morgan fingerprint density at radius 1 is 1.14 bits per heavy atom. The molecule has 0 bridgehead atoms. The molecule has 1 aliphatic carbocycles.